The summed E-state index contributed by atoms with van der Waals surface area (Å²) in [5.41, 5.74) is 1.73. The Balaban J connectivity index is 1.40. The second kappa shape index (κ2) is 8.45. The van der Waals surface area contributed by atoms with Gasteiger partial charge in [0.2, 0.25) is 0 Å². The maximum Gasteiger partial charge on any atom is 0.251 e. The molecule has 4 nitrogen and oxygen atoms in total. The number of amides is 1. The molecule has 0 atom stereocenters. The van der Waals surface area contributed by atoms with Crippen LogP contribution in [0.25, 0.3) is 0 Å². The quantitative estimate of drug-likeness (QED) is 0.829. The molecular formula is C19H21BrFN3O. The number of benzene rings is 2. The van der Waals surface area contributed by atoms with E-state index in [0.29, 0.717) is 12.1 Å². The number of nitrogens with one attached hydrogen (secondary N) is 1. The van der Waals surface area contributed by atoms with Crippen LogP contribution in [0.2, 0.25) is 0 Å². The largest absolute Gasteiger partial charge is 0.369 e. The highest BCUT2D eigenvalue weighted by Gasteiger charge is 2.17. The summed E-state index contributed by atoms with van der Waals surface area (Å²) in [7, 11) is 0. The van der Waals surface area contributed by atoms with Crippen molar-refractivity contribution >= 4 is 27.5 Å². The number of anilines is 1. The predicted octanol–water partition coefficient (Wildman–Crippen LogP) is 3.14. The summed E-state index contributed by atoms with van der Waals surface area (Å²) in [6.45, 7) is 5.15. The molecule has 0 bridgehead atoms. The van der Waals surface area contributed by atoms with Gasteiger partial charge in [-0.25, -0.2) is 4.39 Å². The van der Waals surface area contributed by atoms with Crippen LogP contribution in [0.4, 0.5) is 10.1 Å². The van der Waals surface area contributed by atoms with E-state index in [4.69, 9.17) is 0 Å². The normalized spacial score (nSPS) is 15.2. The summed E-state index contributed by atoms with van der Waals surface area (Å²) in [4.78, 5) is 16.7. The molecule has 0 radical (unpaired) electrons. The van der Waals surface area contributed by atoms with Gasteiger partial charge in [0.15, 0.2) is 0 Å². The molecule has 0 unspecified atom stereocenters. The van der Waals surface area contributed by atoms with Crippen molar-refractivity contribution in [2.24, 2.45) is 0 Å². The third-order valence-corrected chi connectivity index (χ3v) is 4.91. The molecule has 1 N–H and O–H groups in total. The van der Waals surface area contributed by atoms with E-state index in [1.165, 1.54) is 12.1 Å². The fourth-order valence-corrected chi connectivity index (χ4v) is 3.18. The van der Waals surface area contributed by atoms with E-state index in [-0.39, 0.29) is 11.7 Å². The first-order chi connectivity index (χ1) is 12.1. The number of piperazine rings is 1. The van der Waals surface area contributed by atoms with Gasteiger partial charge in [-0.05, 0) is 48.5 Å². The molecule has 2 aromatic carbocycles. The van der Waals surface area contributed by atoms with Crippen LogP contribution >= 0.6 is 15.9 Å². The minimum Gasteiger partial charge on any atom is -0.369 e. The smallest absolute Gasteiger partial charge is 0.251 e. The highest BCUT2D eigenvalue weighted by atomic mass is 79.9. The number of hydrogen-bond donors (Lipinski definition) is 1. The van der Waals surface area contributed by atoms with E-state index in [0.717, 1.165) is 42.9 Å². The number of carbonyl (C=O) groups is 1. The number of nitrogens with zero attached hydrogens (tertiary/aromatic N) is 2. The van der Waals surface area contributed by atoms with Crippen molar-refractivity contribution in [1.29, 1.82) is 0 Å². The van der Waals surface area contributed by atoms with Crippen LogP contribution in [0.15, 0.2) is 53.0 Å². The predicted molar refractivity (Wildman–Crippen MR) is 102 cm³/mol. The molecule has 0 spiro atoms. The number of hydrogen-bond acceptors (Lipinski definition) is 3. The van der Waals surface area contributed by atoms with Crippen molar-refractivity contribution in [3.05, 3.63) is 64.4 Å². The van der Waals surface area contributed by atoms with Gasteiger partial charge in [0, 0.05) is 55.0 Å². The summed E-state index contributed by atoms with van der Waals surface area (Å²) >= 11 is 3.36. The van der Waals surface area contributed by atoms with Crippen LogP contribution in [0, 0.1) is 5.82 Å². The van der Waals surface area contributed by atoms with Crippen molar-refractivity contribution in [3.8, 4) is 0 Å². The Morgan fingerprint density at radius 3 is 2.28 bits per heavy atom. The number of halogens is 2. The molecule has 2 aromatic rings. The summed E-state index contributed by atoms with van der Waals surface area (Å²) in [6.07, 6.45) is 0. The van der Waals surface area contributed by atoms with Gasteiger partial charge in [-0.1, -0.05) is 15.9 Å². The van der Waals surface area contributed by atoms with Gasteiger partial charge in [-0.15, -0.1) is 0 Å². The molecule has 1 saturated heterocycles. The SMILES string of the molecule is O=C(NCCN1CCN(c2ccc(F)cc2)CC1)c1ccc(Br)cc1. The maximum absolute atomic E-state index is 13.0. The van der Waals surface area contributed by atoms with E-state index in [2.05, 4.69) is 31.0 Å². The first-order valence-electron chi connectivity index (χ1n) is 8.38. The van der Waals surface area contributed by atoms with Gasteiger partial charge in [0.1, 0.15) is 5.82 Å². The summed E-state index contributed by atoms with van der Waals surface area (Å²) in [5, 5.41) is 2.96. The summed E-state index contributed by atoms with van der Waals surface area (Å²) in [6, 6.07) is 14.0. The molecular weight excluding hydrogens is 385 g/mol. The average molecular weight is 406 g/mol. The standard InChI is InChI=1S/C19H21BrFN3O/c20-16-3-1-15(2-4-16)19(25)22-9-10-23-11-13-24(14-12-23)18-7-5-17(21)6-8-18/h1-8H,9-14H2,(H,22,25). The van der Waals surface area contributed by atoms with E-state index < -0.39 is 0 Å². The van der Waals surface area contributed by atoms with E-state index in [9.17, 15) is 9.18 Å². The first-order valence-corrected chi connectivity index (χ1v) is 9.18. The molecule has 1 heterocycles. The molecule has 0 aliphatic carbocycles. The van der Waals surface area contributed by atoms with Gasteiger partial charge in [0.25, 0.3) is 5.91 Å². The zero-order chi connectivity index (χ0) is 17.6. The minimum absolute atomic E-state index is 0.0440. The summed E-state index contributed by atoms with van der Waals surface area (Å²) in [5.74, 6) is -0.249. The van der Waals surface area contributed by atoms with Crippen molar-refractivity contribution in [3.63, 3.8) is 0 Å². The Labute approximate surface area is 155 Å². The lowest BCUT2D eigenvalue weighted by atomic mass is 10.2. The lowest BCUT2D eigenvalue weighted by molar-refractivity contribution is 0.0948. The minimum atomic E-state index is -0.205. The van der Waals surface area contributed by atoms with Crippen molar-refractivity contribution in [2.45, 2.75) is 0 Å². The molecule has 3 rings (SSSR count). The molecule has 1 aliphatic heterocycles. The Hall–Kier alpha value is -1.92. The number of rotatable bonds is 5. The highest BCUT2D eigenvalue weighted by molar-refractivity contribution is 9.10. The second-order valence-corrected chi connectivity index (χ2v) is 6.98. The molecule has 1 fully saturated rings. The molecule has 132 valence electrons. The Morgan fingerprint density at radius 1 is 1.00 bits per heavy atom. The van der Waals surface area contributed by atoms with Gasteiger partial charge in [-0.3, -0.25) is 9.69 Å². The lowest BCUT2D eigenvalue weighted by Crippen LogP contribution is -2.48. The molecule has 25 heavy (non-hydrogen) atoms. The lowest BCUT2D eigenvalue weighted by Gasteiger charge is -2.36. The fraction of sp³-hybridized carbons (Fsp3) is 0.316. The molecule has 0 saturated carbocycles. The van der Waals surface area contributed by atoms with Gasteiger partial charge in [-0.2, -0.15) is 0 Å². The second-order valence-electron chi connectivity index (χ2n) is 6.07. The van der Waals surface area contributed by atoms with Gasteiger partial charge < -0.3 is 10.2 Å². The van der Waals surface area contributed by atoms with Crippen LogP contribution < -0.4 is 10.2 Å². The van der Waals surface area contributed by atoms with Crippen LogP contribution in [0.3, 0.4) is 0 Å². The molecule has 6 heteroatoms. The van der Waals surface area contributed by atoms with Crippen LogP contribution in [0.5, 0.6) is 0 Å². The van der Waals surface area contributed by atoms with Crippen LogP contribution in [-0.2, 0) is 0 Å². The molecule has 1 amide bonds. The Morgan fingerprint density at radius 2 is 1.64 bits per heavy atom. The van der Waals surface area contributed by atoms with Crippen LogP contribution in [-0.4, -0.2) is 50.1 Å². The maximum atomic E-state index is 13.0. The molecule has 1 aliphatic rings. The van der Waals surface area contributed by atoms with Crippen molar-refractivity contribution in [2.75, 3.05) is 44.2 Å². The number of carbonyl (C=O) groups excluding carboxylic acids is 1. The highest BCUT2D eigenvalue weighted by Crippen LogP contribution is 2.16. The van der Waals surface area contributed by atoms with Crippen molar-refractivity contribution < 1.29 is 9.18 Å². The average Bonchev–Trinajstić information content (AvgIpc) is 2.63. The van der Waals surface area contributed by atoms with Gasteiger partial charge in [0.05, 0.1) is 0 Å². The third kappa shape index (κ3) is 5.03. The first kappa shape index (κ1) is 17.9. The van der Waals surface area contributed by atoms with E-state index >= 15 is 0 Å². The van der Waals surface area contributed by atoms with E-state index in [1.54, 1.807) is 12.1 Å². The zero-order valence-corrected chi connectivity index (χ0v) is 15.5. The molecule has 0 aromatic heterocycles. The summed E-state index contributed by atoms with van der Waals surface area (Å²) < 4.78 is 14.0. The topological polar surface area (TPSA) is 35.6 Å². The third-order valence-electron chi connectivity index (χ3n) is 4.38. The Bertz CT molecular complexity index is 698. The Kier molecular flexibility index (Phi) is 6.04. The fourth-order valence-electron chi connectivity index (χ4n) is 2.91. The van der Waals surface area contributed by atoms with Crippen molar-refractivity contribution in [1.82, 2.24) is 10.2 Å². The van der Waals surface area contributed by atoms with Crippen LogP contribution in [0.1, 0.15) is 10.4 Å². The van der Waals surface area contributed by atoms with E-state index in [1.807, 2.05) is 24.3 Å². The van der Waals surface area contributed by atoms with Gasteiger partial charge >= 0.3 is 0 Å². The monoisotopic (exact) mass is 405 g/mol. The zero-order valence-electron chi connectivity index (χ0n) is 13.9.